The molecule has 0 amide bonds. The van der Waals surface area contributed by atoms with Crippen molar-refractivity contribution in [1.29, 1.82) is 0 Å². The summed E-state index contributed by atoms with van der Waals surface area (Å²) in [5.74, 6) is 2.47. The first-order valence-electron chi connectivity index (χ1n) is 5.26. The fourth-order valence-corrected chi connectivity index (χ4v) is 1.69. The predicted octanol–water partition coefficient (Wildman–Crippen LogP) is 2.58. The van der Waals surface area contributed by atoms with Crippen LogP contribution >= 0.6 is 0 Å². The summed E-state index contributed by atoms with van der Waals surface area (Å²) in [6, 6.07) is 6.93. The third-order valence-corrected chi connectivity index (χ3v) is 3.67. The molecule has 0 saturated heterocycles. The molecular weight excluding hydrogens is 235 g/mol. The Bertz CT molecular complexity index is 472. The molecule has 0 aliphatic heterocycles. The standard InChI is InChI=1S/C13H15FO2Si/c1-16-13(15)12-7-5-4-6-11(12)8-9-17(2,3)10-14/h4-7H,10H2,1-3H3. The Labute approximate surface area is 102 Å². The maximum atomic E-state index is 12.7. The van der Waals surface area contributed by atoms with Gasteiger partial charge in [-0.3, -0.25) is 4.39 Å². The third-order valence-electron chi connectivity index (χ3n) is 2.20. The van der Waals surface area contributed by atoms with Gasteiger partial charge in [-0.2, -0.15) is 0 Å². The average molecular weight is 250 g/mol. The van der Waals surface area contributed by atoms with Gasteiger partial charge in [-0.05, 0) is 12.1 Å². The van der Waals surface area contributed by atoms with E-state index in [2.05, 4.69) is 16.2 Å². The van der Waals surface area contributed by atoms with E-state index >= 15 is 0 Å². The van der Waals surface area contributed by atoms with Crippen molar-refractivity contribution in [2.45, 2.75) is 13.1 Å². The van der Waals surface area contributed by atoms with Gasteiger partial charge in [0, 0.05) is 5.56 Å². The van der Waals surface area contributed by atoms with Crippen LogP contribution in [-0.2, 0) is 4.74 Å². The molecule has 1 rings (SSSR count). The van der Waals surface area contributed by atoms with Crippen molar-refractivity contribution in [3.8, 4) is 11.5 Å². The molecule has 17 heavy (non-hydrogen) atoms. The lowest BCUT2D eigenvalue weighted by atomic mass is 10.1. The highest BCUT2D eigenvalue weighted by molar-refractivity contribution is 6.85. The number of ether oxygens (including phenoxy) is 1. The van der Waals surface area contributed by atoms with Crippen molar-refractivity contribution >= 4 is 14.0 Å². The number of hydrogen-bond donors (Lipinski definition) is 0. The van der Waals surface area contributed by atoms with E-state index in [4.69, 9.17) is 0 Å². The van der Waals surface area contributed by atoms with Crippen LogP contribution in [0.1, 0.15) is 15.9 Å². The summed E-state index contributed by atoms with van der Waals surface area (Å²) in [4.78, 5) is 11.5. The van der Waals surface area contributed by atoms with Crippen LogP contribution in [0.25, 0.3) is 0 Å². The number of halogens is 1. The zero-order valence-corrected chi connectivity index (χ0v) is 11.2. The van der Waals surface area contributed by atoms with Gasteiger partial charge in [0.2, 0.25) is 0 Å². The molecule has 0 bridgehead atoms. The number of esters is 1. The molecule has 4 heteroatoms. The second kappa shape index (κ2) is 5.64. The smallest absolute Gasteiger partial charge is 0.339 e. The summed E-state index contributed by atoms with van der Waals surface area (Å²) in [6.07, 6.45) is -0.389. The Hall–Kier alpha value is -1.60. The van der Waals surface area contributed by atoms with E-state index in [1.807, 2.05) is 13.1 Å². The largest absolute Gasteiger partial charge is 0.465 e. The van der Waals surface area contributed by atoms with Crippen LogP contribution < -0.4 is 0 Å². The van der Waals surface area contributed by atoms with Gasteiger partial charge in [0.05, 0.1) is 19.0 Å². The van der Waals surface area contributed by atoms with Crippen LogP contribution in [0.2, 0.25) is 13.1 Å². The molecule has 0 heterocycles. The van der Waals surface area contributed by atoms with E-state index in [1.54, 1.807) is 24.3 Å². The van der Waals surface area contributed by atoms with Gasteiger partial charge in [-0.25, -0.2) is 4.79 Å². The van der Waals surface area contributed by atoms with Crippen molar-refractivity contribution in [3.63, 3.8) is 0 Å². The molecule has 2 nitrogen and oxygen atoms in total. The number of alkyl halides is 1. The van der Waals surface area contributed by atoms with Crippen LogP contribution in [0.3, 0.4) is 0 Å². The Kier molecular flexibility index (Phi) is 4.47. The zero-order chi connectivity index (χ0) is 12.9. The average Bonchev–Trinajstić information content (AvgIpc) is 2.36. The third kappa shape index (κ3) is 3.72. The summed E-state index contributed by atoms with van der Waals surface area (Å²) < 4.78 is 17.3. The second-order valence-electron chi connectivity index (χ2n) is 4.30. The van der Waals surface area contributed by atoms with E-state index < -0.39 is 14.0 Å². The van der Waals surface area contributed by atoms with Crippen molar-refractivity contribution < 1.29 is 13.9 Å². The molecule has 0 N–H and O–H groups in total. The summed E-state index contributed by atoms with van der Waals surface area (Å²) in [7, 11) is -0.782. The van der Waals surface area contributed by atoms with Gasteiger partial charge >= 0.3 is 5.97 Å². The lowest BCUT2D eigenvalue weighted by molar-refractivity contribution is 0.0600. The minimum Gasteiger partial charge on any atom is -0.465 e. The van der Waals surface area contributed by atoms with E-state index in [9.17, 15) is 9.18 Å². The number of carbonyl (C=O) groups is 1. The van der Waals surface area contributed by atoms with Gasteiger partial charge in [0.25, 0.3) is 0 Å². The quantitative estimate of drug-likeness (QED) is 0.458. The van der Waals surface area contributed by atoms with Crippen LogP contribution in [0.15, 0.2) is 24.3 Å². The topological polar surface area (TPSA) is 26.3 Å². The van der Waals surface area contributed by atoms with Crippen LogP contribution in [-0.4, -0.2) is 27.5 Å². The van der Waals surface area contributed by atoms with E-state index in [-0.39, 0.29) is 6.30 Å². The summed E-state index contributed by atoms with van der Waals surface area (Å²) in [5.41, 5.74) is 3.96. The first kappa shape index (κ1) is 13.5. The Balaban J connectivity index is 3.11. The first-order valence-corrected chi connectivity index (χ1v) is 8.47. The molecule has 0 aromatic heterocycles. The van der Waals surface area contributed by atoms with Gasteiger partial charge in [-0.1, -0.05) is 31.1 Å². The maximum Gasteiger partial charge on any atom is 0.339 e. The van der Waals surface area contributed by atoms with E-state index in [0.29, 0.717) is 11.1 Å². The lowest BCUT2D eigenvalue weighted by Crippen LogP contribution is -2.26. The fraction of sp³-hybridized carbons (Fsp3) is 0.308. The number of methoxy groups -OCH3 is 1. The minimum atomic E-state index is -2.11. The number of carbonyl (C=O) groups excluding carboxylic acids is 1. The second-order valence-corrected chi connectivity index (χ2v) is 8.59. The Morgan fingerprint density at radius 2 is 2.06 bits per heavy atom. The molecule has 0 unspecified atom stereocenters. The number of benzene rings is 1. The number of hydrogen-bond acceptors (Lipinski definition) is 2. The van der Waals surface area contributed by atoms with E-state index in [1.165, 1.54) is 7.11 Å². The summed E-state index contributed by atoms with van der Waals surface area (Å²) >= 11 is 0. The molecular formula is C13H15FO2Si. The van der Waals surface area contributed by atoms with E-state index in [0.717, 1.165) is 0 Å². The Morgan fingerprint density at radius 1 is 1.41 bits per heavy atom. The number of rotatable bonds is 2. The van der Waals surface area contributed by atoms with Gasteiger partial charge < -0.3 is 4.74 Å². The summed E-state index contributed by atoms with van der Waals surface area (Å²) in [5, 5.41) is 0. The zero-order valence-electron chi connectivity index (χ0n) is 10.2. The van der Waals surface area contributed by atoms with Crippen LogP contribution in [0, 0.1) is 11.5 Å². The molecule has 1 aromatic carbocycles. The molecule has 0 atom stereocenters. The molecule has 0 radical (unpaired) electrons. The molecule has 0 spiro atoms. The minimum absolute atomic E-state index is 0.389. The molecule has 90 valence electrons. The molecule has 0 fully saturated rings. The lowest BCUT2D eigenvalue weighted by Gasteiger charge is -2.07. The van der Waals surface area contributed by atoms with Gasteiger partial charge in [0.1, 0.15) is 0 Å². The molecule has 1 aromatic rings. The highest BCUT2D eigenvalue weighted by Crippen LogP contribution is 2.09. The van der Waals surface area contributed by atoms with Crippen LogP contribution in [0.4, 0.5) is 4.39 Å². The highest BCUT2D eigenvalue weighted by Gasteiger charge is 2.17. The van der Waals surface area contributed by atoms with Crippen molar-refractivity contribution in [2.75, 3.05) is 13.4 Å². The van der Waals surface area contributed by atoms with Crippen molar-refractivity contribution in [2.24, 2.45) is 0 Å². The first-order chi connectivity index (χ1) is 8.00. The van der Waals surface area contributed by atoms with Gasteiger partial charge in [-0.15, -0.1) is 5.54 Å². The van der Waals surface area contributed by atoms with Gasteiger partial charge in [0.15, 0.2) is 8.07 Å². The van der Waals surface area contributed by atoms with Crippen LogP contribution in [0.5, 0.6) is 0 Å². The van der Waals surface area contributed by atoms with Crippen molar-refractivity contribution in [3.05, 3.63) is 35.4 Å². The normalized spacial score (nSPS) is 10.4. The summed E-state index contributed by atoms with van der Waals surface area (Å²) in [6.45, 7) is 3.70. The fourth-order valence-electron chi connectivity index (χ4n) is 1.15. The molecule has 0 saturated carbocycles. The monoisotopic (exact) mass is 250 g/mol. The maximum absolute atomic E-state index is 12.7. The SMILES string of the molecule is COC(=O)c1ccccc1C#C[Si](C)(C)CF. The van der Waals surface area contributed by atoms with Crippen molar-refractivity contribution in [1.82, 2.24) is 0 Å². The highest BCUT2D eigenvalue weighted by atomic mass is 28.3. The molecule has 0 aliphatic rings. The Morgan fingerprint density at radius 3 is 2.65 bits per heavy atom. The predicted molar refractivity (Wildman–Crippen MR) is 68.1 cm³/mol. The molecule has 0 aliphatic carbocycles.